The summed E-state index contributed by atoms with van der Waals surface area (Å²) in [4.78, 5) is 11.2. The van der Waals surface area contributed by atoms with Gasteiger partial charge in [0.15, 0.2) is 5.78 Å². The van der Waals surface area contributed by atoms with Gasteiger partial charge in [0.2, 0.25) is 0 Å². The van der Waals surface area contributed by atoms with E-state index >= 15 is 0 Å². The van der Waals surface area contributed by atoms with Crippen LogP contribution in [0.4, 0.5) is 22.0 Å². The van der Waals surface area contributed by atoms with E-state index in [0.29, 0.717) is 5.33 Å². The van der Waals surface area contributed by atoms with E-state index in [2.05, 4.69) is 15.9 Å². The molecule has 8 heteroatoms. The number of thioether (sulfide) groups is 1. The predicted octanol–water partition coefficient (Wildman–Crippen LogP) is 5.20. The summed E-state index contributed by atoms with van der Waals surface area (Å²) in [7, 11) is 0. The van der Waals surface area contributed by atoms with E-state index < -0.39 is 39.9 Å². The lowest BCUT2D eigenvalue weighted by atomic mass is 10.1. The van der Waals surface area contributed by atoms with Crippen LogP contribution in [0.1, 0.15) is 28.8 Å². The van der Waals surface area contributed by atoms with E-state index in [4.69, 9.17) is 0 Å². The summed E-state index contributed by atoms with van der Waals surface area (Å²) in [5.74, 6) is -0.483. The van der Waals surface area contributed by atoms with Gasteiger partial charge >= 0.3 is 5.51 Å². The average Bonchev–Trinajstić information content (AvgIpc) is 2.26. The molecule has 0 aliphatic rings. The molecule has 0 heterocycles. The van der Waals surface area contributed by atoms with Crippen molar-refractivity contribution >= 4 is 33.5 Å². The van der Waals surface area contributed by atoms with E-state index in [1.807, 2.05) is 0 Å². The first-order valence-electron chi connectivity index (χ1n) is 5.01. The predicted molar refractivity (Wildman–Crippen MR) is 66.1 cm³/mol. The molecule has 0 atom stereocenters. The molecule has 0 saturated carbocycles. The Balaban J connectivity index is 3.14. The number of ketones is 1. The first-order chi connectivity index (χ1) is 8.73. The first-order valence-corrected chi connectivity index (χ1v) is 6.95. The van der Waals surface area contributed by atoms with Gasteiger partial charge in [0.1, 0.15) is 0 Å². The van der Waals surface area contributed by atoms with Crippen LogP contribution in [0.15, 0.2) is 23.1 Å². The van der Waals surface area contributed by atoms with Gasteiger partial charge < -0.3 is 0 Å². The molecule has 0 aromatic heterocycles. The van der Waals surface area contributed by atoms with Crippen LogP contribution in [0.25, 0.3) is 0 Å². The number of hydrogen-bond acceptors (Lipinski definition) is 2. The summed E-state index contributed by atoms with van der Waals surface area (Å²) >= 11 is 2.49. The van der Waals surface area contributed by atoms with Gasteiger partial charge in [0.25, 0.3) is 6.43 Å². The van der Waals surface area contributed by atoms with E-state index in [1.165, 1.54) is 0 Å². The molecule has 19 heavy (non-hydrogen) atoms. The SMILES string of the molecule is O=C(CCBr)c1cc(SC(F)(F)F)cc(C(F)F)c1. The summed E-state index contributed by atoms with van der Waals surface area (Å²) in [5, 5.41) is 0.312. The maximum absolute atomic E-state index is 12.6. The molecule has 0 spiro atoms. The van der Waals surface area contributed by atoms with Crippen molar-refractivity contribution in [1.82, 2.24) is 0 Å². The summed E-state index contributed by atoms with van der Waals surface area (Å²) in [5.41, 5.74) is -5.31. The lowest BCUT2D eigenvalue weighted by molar-refractivity contribution is -0.0328. The van der Waals surface area contributed by atoms with E-state index in [-0.39, 0.29) is 12.0 Å². The second kappa shape index (κ2) is 6.69. The fraction of sp³-hybridized carbons (Fsp3) is 0.364. The highest BCUT2D eigenvalue weighted by molar-refractivity contribution is 9.09. The standard InChI is InChI=1S/C11H8BrF5OS/c12-2-1-9(18)6-3-7(10(13)14)5-8(4-6)19-11(15,16)17/h3-5,10H,1-2H2. The Labute approximate surface area is 118 Å². The lowest BCUT2D eigenvalue weighted by Gasteiger charge is -2.10. The van der Waals surface area contributed by atoms with Crippen molar-refractivity contribution in [2.24, 2.45) is 0 Å². The first kappa shape index (κ1) is 16.4. The van der Waals surface area contributed by atoms with Crippen molar-refractivity contribution in [3.63, 3.8) is 0 Å². The van der Waals surface area contributed by atoms with Crippen molar-refractivity contribution in [3.05, 3.63) is 29.3 Å². The minimum Gasteiger partial charge on any atom is -0.294 e. The van der Waals surface area contributed by atoms with Crippen LogP contribution in [0, 0.1) is 0 Å². The summed E-state index contributed by atoms with van der Waals surface area (Å²) in [6.07, 6.45) is -2.90. The minimum absolute atomic E-state index is 0.0306. The maximum atomic E-state index is 12.6. The molecular formula is C11H8BrF5OS. The quantitative estimate of drug-likeness (QED) is 0.309. The zero-order chi connectivity index (χ0) is 14.6. The molecule has 1 aromatic carbocycles. The van der Waals surface area contributed by atoms with Crippen LogP contribution in [0.5, 0.6) is 0 Å². The molecule has 0 aliphatic heterocycles. The number of hydrogen-bond donors (Lipinski definition) is 0. The number of rotatable bonds is 5. The molecule has 0 aliphatic carbocycles. The molecule has 106 valence electrons. The van der Waals surface area contributed by atoms with Crippen LogP contribution in [-0.4, -0.2) is 16.6 Å². The molecule has 0 bridgehead atoms. The minimum atomic E-state index is -4.59. The fourth-order valence-corrected chi connectivity index (χ4v) is 2.34. The molecular weight excluding hydrogens is 355 g/mol. The van der Waals surface area contributed by atoms with E-state index in [1.54, 1.807) is 0 Å². The smallest absolute Gasteiger partial charge is 0.294 e. The Kier molecular flexibility index (Phi) is 5.79. The summed E-state index contributed by atoms with van der Waals surface area (Å²) in [6, 6.07) is 2.65. The van der Waals surface area contributed by atoms with Gasteiger partial charge in [0, 0.05) is 27.8 Å². The monoisotopic (exact) mass is 362 g/mol. The Morgan fingerprint density at radius 1 is 1.26 bits per heavy atom. The van der Waals surface area contributed by atoms with Crippen LogP contribution in [0.2, 0.25) is 0 Å². The van der Waals surface area contributed by atoms with Crippen molar-refractivity contribution in [2.75, 3.05) is 5.33 Å². The van der Waals surface area contributed by atoms with Crippen molar-refractivity contribution in [2.45, 2.75) is 23.3 Å². The molecule has 1 rings (SSSR count). The Morgan fingerprint density at radius 2 is 1.89 bits per heavy atom. The second-order valence-corrected chi connectivity index (χ2v) is 5.43. The van der Waals surface area contributed by atoms with Gasteiger partial charge in [-0.25, -0.2) is 8.78 Å². The van der Waals surface area contributed by atoms with E-state index in [9.17, 15) is 26.7 Å². The summed E-state index contributed by atoms with van der Waals surface area (Å²) < 4.78 is 61.9. The van der Waals surface area contributed by atoms with Gasteiger partial charge in [-0.3, -0.25) is 4.79 Å². The third-order valence-electron chi connectivity index (χ3n) is 2.06. The largest absolute Gasteiger partial charge is 0.446 e. The highest BCUT2D eigenvalue weighted by atomic mass is 79.9. The van der Waals surface area contributed by atoms with Crippen molar-refractivity contribution < 1.29 is 26.7 Å². The van der Waals surface area contributed by atoms with Crippen molar-refractivity contribution in [1.29, 1.82) is 0 Å². The van der Waals surface area contributed by atoms with E-state index in [0.717, 1.165) is 18.2 Å². The molecule has 0 fully saturated rings. The van der Waals surface area contributed by atoms with Crippen molar-refractivity contribution in [3.8, 4) is 0 Å². The number of halogens is 6. The molecule has 0 N–H and O–H groups in total. The maximum Gasteiger partial charge on any atom is 0.446 e. The summed E-state index contributed by atoms with van der Waals surface area (Å²) in [6.45, 7) is 0. The van der Waals surface area contributed by atoms with Crippen LogP contribution in [0.3, 0.4) is 0 Å². The third-order valence-corrected chi connectivity index (χ3v) is 3.16. The highest BCUT2D eigenvalue weighted by Gasteiger charge is 2.30. The van der Waals surface area contributed by atoms with Gasteiger partial charge in [-0.1, -0.05) is 15.9 Å². The van der Waals surface area contributed by atoms with Gasteiger partial charge in [-0.05, 0) is 30.0 Å². The molecule has 0 saturated heterocycles. The molecule has 0 amide bonds. The molecule has 0 radical (unpaired) electrons. The van der Waals surface area contributed by atoms with Gasteiger partial charge in [-0.2, -0.15) is 13.2 Å². The molecule has 1 aromatic rings. The Bertz CT molecular complexity index is 461. The Morgan fingerprint density at radius 3 is 2.37 bits per heavy atom. The second-order valence-electron chi connectivity index (χ2n) is 3.50. The zero-order valence-electron chi connectivity index (χ0n) is 9.31. The molecule has 0 unspecified atom stereocenters. The van der Waals surface area contributed by atoms with Crippen LogP contribution < -0.4 is 0 Å². The number of carbonyl (C=O) groups is 1. The number of Topliss-reactive ketones (excluding diaryl/α,β-unsaturated/α-hetero) is 1. The van der Waals surface area contributed by atoms with Gasteiger partial charge in [-0.15, -0.1) is 0 Å². The highest BCUT2D eigenvalue weighted by Crippen LogP contribution is 2.38. The number of alkyl halides is 6. The topological polar surface area (TPSA) is 17.1 Å². The zero-order valence-corrected chi connectivity index (χ0v) is 11.7. The molecule has 1 nitrogen and oxygen atoms in total. The normalized spacial score (nSPS) is 11.9. The van der Waals surface area contributed by atoms with Gasteiger partial charge in [0.05, 0.1) is 0 Å². The number of benzene rings is 1. The Hall–Kier alpha value is -0.630. The number of carbonyl (C=O) groups excluding carboxylic acids is 1. The average molecular weight is 363 g/mol. The fourth-order valence-electron chi connectivity index (χ4n) is 1.33. The van der Waals surface area contributed by atoms with Crippen LogP contribution in [-0.2, 0) is 0 Å². The van der Waals surface area contributed by atoms with Crippen LogP contribution >= 0.6 is 27.7 Å². The third kappa shape index (κ3) is 5.48. The lowest BCUT2D eigenvalue weighted by Crippen LogP contribution is -2.04.